The molecule has 2 aromatic rings. The van der Waals surface area contributed by atoms with Crippen molar-refractivity contribution in [1.29, 1.82) is 0 Å². The van der Waals surface area contributed by atoms with Gasteiger partial charge in [-0.1, -0.05) is 37.3 Å². The van der Waals surface area contributed by atoms with Crippen molar-refractivity contribution >= 4 is 11.8 Å². The van der Waals surface area contributed by atoms with Gasteiger partial charge >= 0.3 is 0 Å². The smallest absolute Gasteiger partial charge is 0.191 e. The molecule has 1 aliphatic heterocycles. The van der Waals surface area contributed by atoms with E-state index in [2.05, 4.69) is 82.7 Å². The van der Waals surface area contributed by atoms with Crippen LogP contribution in [0.2, 0.25) is 0 Å². The molecule has 1 fully saturated rings. The zero-order valence-corrected chi connectivity index (χ0v) is 18.0. The highest BCUT2D eigenvalue weighted by molar-refractivity contribution is 5.79. The minimum Gasteiger partial charge on any atom is -0.357 e. The van der Waals surface area contributed by atoms with Crippen LogP contribution in [0, 0.1) is 0 Å². The molecule has 0 saturated carbocycles. The summed E-state index contributed by atoms with van der Waals surface area (Å²) in [6.45, 7) is 10.8. The molecule has 29 heavy (non-hydrogen) atoms. The van der Waals surface area contributed by atoms with Crippen LogP contribution in [0.25, 0.3) is 0 Å². The molecule has 1 aliphatic rings. The number of aliphatic imine (C=N–C) groups is 1. The van der Waals surface area contributed by atoms with Crippen LogP contribution in [0.5, 0.6) is 0 Å². The summed E-state index contributed by atoms with van der Waals surface area (Å²) >= 11 is 0. The zero-order chi connectivity index (χ0) is 20.5. The van der Waals surface area contributed by atoms with Gasteiger partial charge in [-0.15, -0.1) is 0 Å². The summed E-state index contributed by atoms with van der Waals surface area (Å²) in [5.74, 6) is 1.90. The van der Waals surface area contributed by atoms with E-state index in [9.17, 15) is 0 Å². The molecule has 0 unspecified atom stereocenters. The van der Waals surface area contributed by atoms with Gasteiger partial charge in [0.25, 0.3) is 0 Å². The van der Waals surface area contributed by atoms with Gasteiger partial charge < -0.3 is 20.4 Å². The Hall–Kier alpha value is -2.60. The van der Waals surface area contributed by atoms with Gasteiger partial charge in [-0.2, -0.15) is 0 Å². The lowest BCUT2D eigenvalue weighted by Crippen LogP contribution is -2.44. The second-order valence-corrected chi connectivity index (χ2v) is 7.49. The lowest BCUT2D eigenvalue weighted by Gasteiger charge is -2.33. The lowest BCUT2D eigenvalue weighted by atomic mass is 10.1. The number of piperazine rings is 1. The van der Waals surface area contributed by atoms with Gasteiger partial charge in [-0.05, 0) is 43.1 Å². The molecule has 1 aromatic heterocycles. The van der Waals surface area contributed by atoms with Gasteiger partial charge in [0.2, 0.25) is 0 Å². The maximum atomic E-state index is 4.74. The standard InChI is InChI=1S/C23H34N6/c1-4-20-8-6-7-9-21(20)18-27-23(24-5-2)26-17-19-10-11-22(25-16-19)29-14-12-28(3)13-15-29/h6-11,16H,4-5,12-15,17-18H2,1-3H3,(H2,24,26,27). The third kappa shape index (κ3) is 6.19. The molecule has 156 valence electrons. The van der Waals surface area contributed by atoms with E-state index in [1.54, 1.807) is 0 Å². The first-order valence-electron chi connectivity index (χ1n) is 10.7. The third-order valence-corrected chi connectivity index (χ3v) is 5.35. The molecule has 0 atom stereocenters. The Bertz CT molecular complexity index is 778. The number of anilines is 1. The summed E-state index contributed by atoms with van der Waals surface area (Å²) in [4.78, 5) is 14.1. The van der Waals surface area contributed by atoms with E-state index in [1.165, 1.54) is 11.1 Å². The van der Waals surface area contributed by atoms with Crippen LogP contribution in [-0.2, 0) is 19.5 Å². The molecule has 6 heteroatoms. The Morgan fingerprint density at radius 1 is 1.00 bits per heavy atom. The van der Waals surface area contributed by atoms with Crippen molar-refractivity contribution in [2.45, 2.75) is 33.4 Å². The van der Waals surface area contributed by atoms with Crippen molar-refractivity contribution in [3.8, 4) is 0 Å². The summed E-state index contributed by atoms with van der Waals surface area (Å²) < 4.78 is 0. The molecule has 1 aromatic carbocycles. The van der Waals surface area contributed by atoms with Crippen molar-refractivity contribution in [3.05, 3.63) is 59.3 Å². The first kappa shape index (κ1) is 21.1. The quantitative estimate of drug-likeness (QED) is 0.559. The number of pyridine rings is 1. The molecule has 0 aliphatic carbocycles. The van der Waals surface area contributed by atoms with Gasteiger partial charge in [0.1, 0.15) is 5.82 Å². The van der Waals surface area contributed by atoms with E-state index in [0.29, 0.717) is 6.54 Å². The lowest BCUT2D eigenvalue weighted by molar-refractivity contribution is 0.312. The molecule has 0 bridgehead atoms. The highest BCUT2D eigenvalue weighted by Crippen LogP contribution is 2.14. The van der Waals surface area contributed by atoms with E-state index >= 15 is 0 Å². The predicted molar refractivity (Wildman–Crippen MR) is 121 cm³/mol. The minimum atomic E-state index is 0.612. The number of benzene rings is 1. The second-order valence-electron chi connectivity index (χ2n) is 7.49. The van der Waals surface area contributed by atoms with Crippen LogP contribution in [0.3, 0.4) is 0 Å². The van der Waals surface area contributed by atoms with Crippen molar-refractivity contribution in [3.63, 3.8) is 0 Å². The van der Waals surface area contributed by atoms with Crippen LogP contribution < -0.4 is 15.5 Å². The third-order valence-electron chi connectivity index (χ3n) is 5.35. The fraction of sp³-hybridized carbons (Fsp3) is 0.478. The Balaban J connectivity index is 1.58. The van der Waals surface area contributed by atoms with Crippen molar-refractivity contribution < 1.29 is 0 Å². The Kier molecular flexibility index (Phi) is 7.87. The fourth-order valence-electron chi connectivity index (χ4n) is 3.50. The van der Waals surface area contributed by atoms with Crippen LogP contribution in [0.4, 0.5) is 5.82 Å². The fourth-order valence-corrected chi connectivity index (χ4v) is 3.50. The van der Waals surface area contributed by atoms with Gasteiger partial charge in [0.05, 0.1) is 6.54 Å². The van der Waals surface area contributed by atoms with E-state index in [4.69, 9.17) is 4.99 Å². The van der Waals surface area contributed by atoms with E-state index < -0.39 is 0 Å². The summed E-state index contributed by atoms with van der Waals surface area (Å²) in [6.07, 6.45) is 2.99. The van der Waals surface area contributed by atoms with E-state index in [-0.39, 0.29) is 0 Å². The summed E-state index contributed by atoms with van der Waals surface area (Å²) in [7, 11) is 2.17. The van der Waals surface area contributed by atoms with Gasteiger partial charge in [-0.25, -0.2) is 9.98 Å². The maximum absolute atomic E-state index is 4.74. The van der Waals surface area contributed by atoms with Gasteiger partial charge in [0, 0.05) is 45.5 Å². The number of nitrogens with one attached hydrogen (secondary N) is 2. The number of likely N-dealkylation sites (N-methyl/N-ethyl adjacent to an activating group) is 1. The number of aromatic nitrogens is 1. The Morgan fingerprint density at radius 3 is 2.41 bits per heavy atom. The molecule has 6 nitrogen and oxygen atoms in total. The topological polar surface area (TPSA) is 55.8 Å². The zero-order valence-electron chi connectivity index (χ0n) is 18.0. The number of aryl methyl sites for hydroxylation is 1. The van der Waals surface area contributed by atoms with Crippen molar-refractivity contribution in [2.24, 2.45) is 4.99 Å². The van der Waals surface area contributed by atoms with Gasteiger partial charge in [-0.3, -0.25) is 0 Å². The normalized spacial score (nSPS) is 15.4. The number of guanidine groups is 1. The summed E-state index contributed by atoms with van der Waals surface area (Å²) in [5, 5.41) is 6.79. The molecule has 0 radical (unpaired) electrons. The Labute approximate surface area is 175 Å². The first-order chi connectivity index (χ1) is 14.2. The summed E-state index contributed by atoms with van der Waals surface area (Å²) in [5.41, 5.74) is 3.81. The van der Waals surface area contributed by atoms with Crippen molar-refractivity contribution in [1.82, 2.24) is 20.5 Å². The van der Waals surface area contributed by atoms with E-state index in [1.807, 2.05) is 6.20 Å². The number of hydrogen-bond donors (Lipinski definition) is 2. The van der Waals surface area contributed by atoms with Crippen LogP contribution in [0.1, 0.15) is 30.5 Å². The molecule has 3 rings (SSSR count). The number of nitrogens with zero attached hydrogens (tertiary/aromatic N) is 4. The average molecular weight is 395 g/mol. The summed E-state index contributed by atoms with van der Waals surface area (Å²) in [6, 6.07) is 12.8. The second kappa shape index (κ2) is 10.8. The highest BCUT2D eigenvalue weighted by Gasteiger charge is 2.14. The molecule has 0 amide bonds. The molecular weight excluding hydrogens is 360 g/mol. The number of rotatable bonds is 7. The maximum Gasteiger partial charge on any atom is 0.191 e. The SMILES string of the molecule is CCNC(=NCc1ccc(N2CCN(C)CC2)nc1)NCc1ccccc1CC. The highest BCUT2D eigenvalue weighted by atomic mass is 15.3. The largest absolute Gasteiger partial charge is 0.357 e. The van der Waals surface area contributed by atoms with Crippen LogP contribution >= 0.6 is 0 Å². The molecule has 1 saturated heterocycles. The molecular formula is C23H34N6. The first-order valence-corrected chi connectivity index (χ1v) is 10.7. The van der Waals surface area contributed by atoms with Crippen LogP contribution in [-0.4, -0.2) is 55.6 Å². The van der Waals surface area contributed by atoms with E-state index in [0.717, 1.165) is 63.0 Å². The molecule has 2 N–H and O–H groups in total. The van der Waals surface area contributed by atoms with Crippen LogP contribution in [0.15, 0.2) is 47.6 Å². The van der Waals surface area contributed by atoms with Crippen molar-refractivity contribution in [2.75, 3.05) is 44.7 Å². The minimum absolute atomic E-state index is 0.612. The average Bonchev–Trinajstić information content (AvgIpc) is 2.77. The van der Waals surface area contributed by atoms with Gasteiger partial charge in [0.15, 0.2) is 5.96 Å². The molecule has 2 heterocycles. The number of hydrogen-bond acceptors (Lipinski definition) is 4. The Morgan fingerprint density at radius 2 is 1.76 bits per heavy atom. The predicted octanol–water partition coefficient (Wildman–Crippen LogP) is 2.65. The molecule has 0 spiro atoms. The monoisotopic (exact) mass is 394 g/mol.